The first kappa shape index (κ1) is 18.3. The molecule has 1 atom stereocenters. The van der Waals surface area contributed by atoms with Crippen molar-refractivity contribution in [3.05, 3.63) is 22.2 Å². The van der Waals surface area contributed by atoms with Crippen molar-refractivity contribution in [2.75, 3.05) is 26.9 Å². The summed E-state index contributed by atoms with van der Waals surface area (Å²) >= 11 is 3.33. The molecule has 0 bridgehead atoms. The lowest BCUT2D eigenvalue weighted by molar-refractivity contribution is -0.124. The lowest BCUT2D eigenvalue weighted by Gasteiger charge is -2.16. The summed E-state index contributed by atoms with van der Waals surface area (Å²) in [5, 5.41) is 11.7. The summed E-state index contributed by atoms with van der Waals surface area (Å²) in [5.41, 5.74) is 0.445. The van der Waals surface area contributed by atoms with Crippen LogP contribution in [0, 0.1) is 11.3 Å². The fraction of sp³-hybridized carbons (Fsp3) is 0.467. The second-order valence-electron chi connectivity index (χ2n) is 4.54. The number of amides is 1. The smallest absolute Gasteiger partial charge is 0.258 e. The first-order chi connectivity index (χ1) is 10.5. The number of nitrogens with one attached hydrogen (secondary N) is 1. The van der Waals surface area contributed by atoms with Crippen LogP contribution < -0.4 is 14.8 Å². The van der Waals surface area contributed by atoms with Crippen molar-refractivity contribution in [2.24, 2.45) is 0 Å². The zero-order valence-corrected chi connectivity index (χ0v) is 14.4. The maximum Gasteiger partial charge on any atom is 0.258 e. The molecule has 0 saturated carbocycles. The van der Waals surface area contributed by atoms with E-state index in [4.69, 9.17) is 19.5 Å². The molecule has 0 heterocycles. The zero-order valence-electron chi connectivity index (χ0n) is 12.8. The molecule has 0 fully saturated rings. The van der Waals surface area contributed by atoms with Crippen LogP contribution in [0.5, 0.6) is 11.5 Å². The topological polar surface area (TPSA) is 80.6 Å². The van der Waals surface area contributed by atoms with Gasteiger partial charge in [0.15, 0.2) is 18.1 Å². The predicted octanol–water partition coefficient (Wildman–Crippen LogP) is 2.25. The van der Waals surface area contributed by atoms with Gasteiger partial charge in [-0.05, 0) is 35.8 Å². The van der Waals surface area contributed by atoms with Gasteiger partial charge in [-0.15, -0.1) is 0 Å². The van der Waals surface area contributed by atoms with Crippen molar-refractivity contribution >= 4 is 21.8 Å². The molecule has 0 radical (unpaired) electrons. The van der Waals surface area contributed by atoms with Gasteiger partial charge in [0.1, 0.15) is 0 Å². The maximum atomic E-state index is 11.8. The Morgan fingerprint density at radius 1 is 1.45 bits per heavy atom. The molecule has 1 N–H and O–H groups in total. The van der Waals surface area contributed by atoms with Crippen molar-refractivity contribution < 1.29 is 19.0 Å². The number of carbonyl (C=O) groups is 1. The normalized spacial score (nSPS) is 11.4. The standard InChI is InChI=1S/C15H19BrN2O4/c1-4-21-13-6-11(7-17)5-12(16)15(13)22-9-14(19)18-10(2)8-20-3/h5-6,10H,4,8-9H2,1-3H3,(H,18,19). The van der Waals surface area contributed by atoms with Crippen LogP contribution in [-0.4, -0.2) is 38.9 Å². The summed E-state index contributed by atoms with van der Waals surface area (Å²) in [6, 6.07) is 5.13. The summed E-state index contributed by atoms with van der Waals surface area (Å²) in [7, 11) is 1.57. The van der Waals surface area contributed by atoms with E-state index in [0.717, 1.165) is 0 Å². The average Bonchev–Trinajstić information content (AvgIpc) is 2.46. The van der Waals surface area contributed by atoms with Gasteiger partial charge >= 0.3 is 0 Å². The Bertz CT molecular complexity index is 557. The third-order valence-corrected chi connectivity index (χ3v) is 3.20. The lowest BCUT2D eigenvalue weighted by Crippen LogP contribution is -2.38. The summed E-state index contributed by atoms with van der Waals surface area (Å²) in [5.74, 6) is 0.560. The molecule has 0 spiro atoms. The molecule has 1 aromatic carbocycles. The van der Waals surface area contributed by atoms with E-state index in [1.54, 1.807) is 19.2 Å². The van der Waals surface area contributed by atoms with Gasteiger partial charge in [0.25, 0.3) is 5.91 Å². The van der Waals surface area contributed by atoms with E-state index in [1.807, 2.05) is 19.9 Å². The van der Waals surface area contributed by atoms with Crippen molar-refractivity contribution in [1.29, 1.82) is 5.26 Å². The molecule has 7 heteroatoms. The van der Waals surface area contributed by atoms with E-state index in [9.17, 15) is 4.79 Å². The molecule has 6 nitrogen and oxygen atoms in total. The van der Waals surface area contributed by atoms with Gasteiger partial charge in [0, 0.05) is 19.2 Å². The van der Waals surface area contributed by atoms with Crippen molar-refractivity contribution in [1.82, 2.24) is 5.32 Å². The number of rotatable bonds is 8. The molecule has 0 aliphatic heterocycles. The molecule has 0 aliphatic carbocycles. The minimum atomic E-state index is -0.261. The second-order valence-corrected chi connectivity index (χ2v) is 5.40. The molecular formula is C15H19BrN2O4. The molecule has 0 saturated heterocycles. The number of hydrogen-bond donors (Lipinski definition) is 1. The molecule has 0 aliphatic rings. The first-order valence-corrected chi connectivity index (χ1v) is 7.58. The van der Waals surface area contributed by atoms with E-state index in [0.29, 0.717) is 34.7 Å². The monoisotopic (exact) mass is 370 g/mol. The van der Waals surface area contributed by atoms with E-state index < -0.39 is 0 Å². The van der Waals surface area contributed by atoms with E-state index in [-0.39, 0.29) is 18.6 Å². The number of hydrogen-bond acceptors (Lipinski definition) is 5. The maximum absolute atomic E-state index is 11.8. The van der Waals surface area contributed by atoms with Crippen LogP contribution in [0.1, 0.15) is 19.4 Å². The van der Waals surface area contributed by atoms with Crippen molar-refractivity contribution in [3.8, 4) is 17.6 Å². The minimum absolute atomic E-state index is 0.100. The quantitative estimate of drug-likeness (QED) is 0.758. The highest BCUT2D eigenvalue weighted by Gasteiger charge is 2.15. The Balaban J connectivity index is 2.76. The number of methoxy groups -OCH3 is 1. The van der Waals surface area contributed by atoms with Crippen LogP contribution in [0.3, 0.4) is 0 Å². The number of nitriles is 1. The van der Waals surface area contributed by atoms with Gasteiger partial charge in [0.05, 0.1) is 29.3 Å². The molecular weight excluding hydrogens is 352 g/mol. The van der Waals surface area contributed by atoms with Crippen LogP contribution in [0.15, 0.2) is 16.6 Å². The van der Waals surface area contributed by atoms with Crippen LogP contribution in [0.4, 0.5) is 0 Å². The highest BCUT2D eigenvalue weighted by Crippen LogP contribution is 2.36. The molecule has 120 valence electrons. The SMILES string of the molecule is CCOc1cc(C#N)cc(Br)c1OCC(=O)NC(C)COC. The third-order valence-electron chi connectivity index (χ3n) is 2.61. The van der Waals surface area contributed by atoms with Gasteiger partial charge in [-0.2, -0.15) is 5.26 Å². The van der Waals surface area contributed by atoms with Gasteiger partial charge < -0.3 is 19.5 Å². The fourth-order valence-electron chi connectivity index (χ4n) is 1.78. The second kappa shape index (κ2) is 9.28. The number of carbonyl (C=O) groups excluding carboxylic acids is 1. The molecule has 1 rings (SSSR count). The third kappa shape index (κ3) is 5.54. The van der Waals surface area contributed by atoms with Crippen LogP contribution in [0.2, 0.25) is 0 Å². The number of halogens is 1. The summed E-state index contributed by atoms with van der Waals surface area (Å²) in [6.45, 7) is 4.37. The predicted molar refractivity (Wildman–Crippen MR) is 85.0 cm³/mol. The highest BCUT2D eigenvalue weighted by molar-refractivity contribution is 9.10. The molecule has 1 amide bonds. The van der Waals surface area contributed by atoms with E-state index in [2.05, 4.69) is 21.2 Å². The van der Waals surface area contributed by atoms with Crippen molar-refractivity contribution in [3.63, 3.8) is 0 Å². The van der Waals surface area contributed by atoms with E-state index >= 15 is 0 Å². The Labute approximate surface area is 138 Å². The zero-order chi connectivity index (χ0) is 16.5. The van der Waals surface area contributed by atoms with Gasteiger partial charge in [-0.1, -0.05) is 0 Å². The minimum Gasteiger partial charge on any atom is -0.490 e. The van der Waals surface area contributed by atoms with Crippen LogP contribution in [0.25, 0.3) is 0 Å². The molecule has 1 unspecified atom stereocenters. The molecule has 0 aromatic heterocycles. The van der Waals surface area contributed by atoms with Gasteiger partial charge in [-0.25, -0.2) is 0 Å². The summed E-state index contributed by atoms with van der Waals surface area (Å²) in [4.78, 5) is 11.8. The Hall–Kier alpha value is -1.78. The summed E-state index contributed by atoms with van der Waals surface area (Å²) in [6.07, 6.45) is 0. The fourth-order valence-corrected chi connectivity index (χ4v) is 2.34. The number of ether oxygens (including phenoxy) is 3. The highest BCUT2D eigenvalue weighted by atomic mass is 79.9. The first-order valence-electron chi connectivity index (χ1n) is 6.79. The molecule has 22 heavy (non-hydrogen) atoms. The van der Waals surface area contributed by atoms with Crippen LogP contribution >= 0.6 is 15.9 Å². The van der Waals surface area contributed by atoms with Gasteiger partial charge in [-0.3, -0.25) is 4.79 Å². The average molecular weight is 371 g/mol. The van der Waals surface area contributed by atoms with Crippen LogP contribution in [-0.2, 0) is 9.53 Å². The summed E-state index contributed by atoms with van der Waals surface area (Å²) < 4.78 is 16.5. The number of benzene rings is 1. The van der Waals surface area contributed by atoms with Crippen molar-refractivity contribution in [2.45, 2.75) is 19.9 Å². The Morgan fingerprint density at radius 2 is 2.18 bits per heavy atom. The number of nitrogens with zero attached hydrogens (tertiary/aromatic N) is 1. The van der Waals surface area contributed by atoms with Gasteiger partial charge in [0.2, 0.25) is 0 Å². The molecule has 1 aromatic rings. The largest absolute Gasteiger partial charge is 0.490 e. The van der Waals surface area contributed by atoms with E-state index in [1.165, 1.54) is 0 Å². The Morgan fingerprint density at radius 3 is 2.77 bits per heavy atom. The Kier molecular flexibility index (Phi) is 7.71. The lowest BCUT2D eigenvalue weighted by atomic mass is 10.2.